The van der Waals surface area contributed by atoms with Crippen LogP contribution in [-0.4, -0.2) is 17.4 Å². The van der Waals surface area contributed by atoms with Crippen molar-refractivity contribution in [1.29, 1.82) is 0 Å². The van der Waals surface area contributed by atoms with Gasteiger partial charge in [0, 0.05) is 29.3 Å². The van der Waals surface area contributed by atoms with Crippen molar-refractivity contribution in [1.82, 2.24) is 10.3 Å². The molecule has 0 radical (unpaired) electrons. The van der Waals surface area contributed by atoms with Gasteiger partial charge in [0.05, 0.1) is 5.56 Å². The molecule has 1 N–H and O–H groups in total. The van der Waals surface area contributed by atoms with E-state index in [9.17, 15) is 4.79 Å². The van der Waals surface area contributed by atoms with Gasteiger partial charge < -0.3 is 5.32 Å². The lowest BCUT2D eigenvalue weighted by molar-refractivity contribution is 0.0953. The molecule has 0 saturated heterocycles. The van der Waals surface area contributed by atoms with Gasteiger partial charge in [-0.15, -0.1) is 0 Å². The largest absolute Gasteiger partial charge is 0.352 e. The maximum atomic E-state index is 12.0. The molecule has 0 spiro atoms. The molecule has 19 heavy (non-hydrogen) atoms. The summed E-state index contributed by atoms with van der Waals surface area (Å²) >= 11 is 3.39. The standard InChI is InChI=1S/C15H15BrN2O/c1-11-5-6-14(16)13(10-11)15(19)18-9-7-12-4-2-3-8-17-12/h2-6,8,10H,7,9H2,1H3,(H,18,19). The molecular formula is C15H15BrN2O. The second-order valence-corrected chi connectivity index (χ2v) is 5.16. The van der Waals surface area contributed by atoms with Crippen LogP contribution in [0.25, 0.3) is 0 Å². The van der Waals surface area contributed by atoms with Crippen molar-refractivity contribution in [3.05, 3.63) is 63.9 Å². The van der Waals surface area contributed by atoms with E-state index in [4.69, 9.17) is 0 Å². The highest BCUT2D eigenvalue weighted by Crippen LogP contribution is 2.17. The lowest BCUT2D eigenvalue weighted by atomic mass is 10.1. The summed E-state index contributed by atoms with van der Waals surface area (Å²) in [6.45, 7) is 2.55. The summed E-state index contributed by atoms with van der Waals surface area (Å²) in [4.78, 5) is 16.3. The van der Waals surface area contributed by atoms with E-state index in [2.05, 4.69) is 26.2 Å². The molecular weight excluding hydrogens is 304 g/mol. The summed E-state index contributed by atoms with van der Waals surface area (Å²) in [6, 6.07) is 11.5. The van der Waals surface area contributed by atoms with Gasteiger partial charge in [0.1, 0.15) is 0 Å². The normalized spacial score (nSPS) is 10.2. The van der Waals surface area contributed by atoms with Crippen molar-refractivity contribution in [2.45, 2.75) is 13.3 Å². The molecule has 4 heteroatoms. The highest BCUT2D eigenvalue weighted by molar-refractivity contribution is 9.10. The summed E-state index contributed by atoms with van der Waals surface area (Å²) in [7, 11) is 0. The van der Waals surface area contributed by atoms with Gasteiger partial charge in [-0.3, -0.25) is 9.78 Å². The van der Waals surface area contributed by atoms with Crippen molar-refractivity contribution >= 4 is 21.8 Å². The number of carbonyl (C=O) groups is 1. The Morgan fingerprint density at radius 3 is 2.89 bits per heavy atom. The van der Waals surface area contributed by atoms with E-state index in [1.807, 2.05) is 43.3 Å². The van der Waals surface area contributed by atoms with Gasteiger partial charge in [-0.1, -0.05) is 17.7 Å². The number of carbonyl (C=O) groups excluding carboxylic acids is 1. The maximum Gasteiger partial charge on any atom is 0.252 e. The molecule has 3 nitrogen and oxygen atoms in total. The Kier molecular flexibility index (Phi) is 4.68. The third-order valence-electron chi connectivity index (χ3n) is 2.76. The zero-order valence-electron chi connectivity index (χ0n) is 10.7. The van der Waals surface area contributed by atoms with Gasteiger partial charge in [-0.2, -0.15) is 0 Å². The third-order valence-corrected chi connectivity index (χ3v) is 3.45. The van der Waals surface area contributed by atoms with E-state index in [1.165, 1.54) is 0 Å². The minimum atomic E-state index is -0.0634. The highest BCUT2D eigenvalue weighted by Gasteiger charge is 2.09. The lowest BCUT2D eigenvalue weighted by Crippen LogP contribution is -2.26. The summed E-state index contributed by atoms with van der Waals surface area (Å²) < 4.78 is 0.813. The number of halogens is 1. The second kappa shape index (κ2) is 6.48. The molecule has 2 aromatic rings. The SMILES string of the molecule is Cc1ccc(Br)c(C(=O)NCCc2ccccn2)c1. The van der Waals surface area contributed by atoms with E-state index in [0.29, 0.717) is 12.1 Å². The molecule has 1 amide bonds. The molecule has 2 rings (SSSR count). The Hall–Kier alpha value is -1.68. The van der Waals surface area contributed by atoms with Crippen molar-refractivity contribution < 1.29 is 4.79 Å². The Morgan fingerprint density at radius 2 is 2.16 bits per heavy atom. The van der Waals surface area contributed by atoms with Crippen LogP contribution < -0.4 is 5.32 Å². The number of benzene rings is 1. The van der Waals surface area contributed by atoms with E-state index in [1.54, 1.807) is 6.20 Å². The molecule has 1 aromatic heterocycles. The predicted octanol–water partition coefficient (Wildman–Crippen LogP) is 3.13. The van der Waals surface area contributed by atoms with Crippen molar-refractivity contribution in [3.8, 4) is 0 Å². The first-order chi connectivity index (χ1) is 9.16. The van der Waals surface area contributed by atoms with Gasteiger partial charge in [-0.25, -0.2) is 0 Å². The van der Waals surface area contributed by atoms with Crippen molar-refractivity contribution in [2.24, 2.45) is 0 Å². The first-order valence-electron chi connectivity index (χ1n) is 6.11. The topological polar surface area (TPSA) is 42.0 Å². The smallest absolute Gasteiger partial charge is 0.252 e. The number of pyridine rings is 1. The van der Waals surface area contributed by atoms with Crippen LogP contribution in [0.15, 0.2) is 47.1 Å². The molecule has 1 aromatic carbocycles. The highest BCUT2D eigenvalue weighted by atomic mass is 79.9. The molecule has 0 aliphatic heterocycles. The number of nitrogens with one attached hydrogen (secondary N) is 1. The molecule has 0 unspecified atom stereocenters. The fourth-order valence-corrected chi connectivity index (χ4v) is 2.19. The maximum absolute atomic E-state index is 12.0. The van der Waals surface area contributed by atoms with Crippen molar-refractivity contribution in [3.63, 3.8) is 0 Å². The van der Waals surface area contributed by atoms with Crippen LogP contribution in [-0.2, 0) is 6.42 Å². The monoisotopic (exact) mass is 318 g/mol. The van der Waals surface area contributed by atoms with E-state index in [0.717, 1.165) is 22.2 Å². The van der Waals surface area contributed by atoms with Gasteiger partial charge in [0.25, 0.3) is 5.91 Å². The van der Waals surface area contributed by atoms with Crippen molar-refractivity contribution in [2.75, 3.05) is 6.54 Å². The minimum absolute atomic E-state index is 0.0634. The molecule has 0 saturated carbocycles. The van der Waals surface area contributed by atoms with Crippen LogP contribution in [0.3, 0.4) is 0 Å². The Balaban J connectivity index is 1.93. The first kappa shape index (κ1) is 13.7. The van der Waals surface area contributed by atoms with E-state index >= 15 is 0 Å². The van der Waals surface area contributed by atoms with Crippen LogP contribution in [0.5, 0.6) is 0 Å². The number of rotatable bonds is 4. The molecule has 0 atom stereocenters. The second-order valence-electron chi connectivity index (χ2n) is 4.31. The molecule has 0 aliphatic rings. The predicted molar refractivity (Wildman–Crippen MR) is 79.2 cm³/mol. The molecule has 0 bridgehead atoms. The van der Waals surface area contributed by atoms with Gasteiger partial charge >= 0.3 is 0 Å². The Morgan fingerprint density at radius 1 is 1.32 bits per heavy atom. The first-order valence-corrected chi connectivity index (χ1v) is 6.90. The van der Waals surface area contributed by atoms with E-state index < -0.39 is 0 Å². The fraction of sp³-hybridized carbons (Fsp3) is 0.200. The van der Waals surface area contributed by atoms with Gasteiger partial charge in [-0.05, 0) is 47.1 Å². The third kappa shape index (κ3) is 3.89. The van der Waals surface area contributed by atoms with E-state index in [-0.39, 0.29) is 5.91 Å². The summed E-state index contributed by atoms with van der Waals surface area (Å²) in [5.74, 6) is -0.0634. The quantitative estimate of drug-likeness (QED) is 0.941. The summed E-state index contributed by atoms with van der Waals surface area (Å²) in [5, 5.41) is 2.91. The van der Waals surface area contributed by atoms with Crippen LogP contribution in [0.1, 0.15) is 21.6 Å². The number of amides is 1. The average Bonchev–Trinajstić information content (AvgIpc) is 2.42. The minimum Gasteiger partial charge on any atom is -0.352 e. The van der Waals surface area contributed by atoms with Crippen LogP contribution >= 0.6 is 15.9 Å². The summed E-state index contributed by atoms with van der Waals surface area (Å²) in [6.07, 6.45) is 2.49. The Labute approximate surface area is 121 Å². The summed E-state index contributed by atoms with van der Waals surface area (Å²) in [5.41, 5.74) is 2.71. The zero-order chi connectivity index (χ0) is 13.7. The van der Waals surface area contributed by atoms with Gasteiger partial charge in [0.15, 0.2) is 0 Å². The number of hydrogen-bond acceptors (Lipinski definition) is 2. The molecule has 98 valence electrons. The van der Waals surface area contributed by atoms with Gasteiger partial charge in [0.2, 0.25) is 0 Å². The van der Waals surface area contributed by atoms with Crippen LogP contribution in [0.4, 0.5) is 0 Å². The number of hydrogen-bond donors (Lipinski definition) is 1. The number of aryl methyl sites for hydroxylation is 1. The molecule has 1 heterocycles. The fourth-order valence-electron chi connectivity index (χ4n) is 1.76. The number of nitrogens with zero attached hydrogens (tertiary/aromatic N) is 1. The van der Waals surface area contributed by atoms with Crippen LogP contribution in [0.2, 0.25) is 0 Å². The van der Waals surface area contributed by atoms with Crippen LogP contribution in [0, 0.1) is 6.92 Å². The number of aromatic nitrogens is 1. The average molecular weight is 319 g/mol. The Bertz CT molecular complexity index is 570. The lowest BCUT2D eigenvalue weighted by Gasteiger charge is -2.07. The molecule has 0 aliphatic carbocycles. The zero-order valence-corrected chi connectivity index (χ0v) is 12.3. The molecule has 0 fully saturated rings.